The van der Waals surface area contributed by atoms with Gasteiger partial charge < -0.3 is 4.57 Å². The van der Waals surface area contributed by atoms with Gasteiger partial charge in [-0.3, -0.25) is 4.79 Å². The molecule has 0 aliphatic heterocycles. The molecule has 19 heavy (non-hydrogen) atoms. The Kier molecular flexibility index (Phi) is 5.15. The number of hydrogen-bond acceptors (Lipinski definition) is 4. The summed E-state index contributed by atoms with van der Waals surface area (Å²) in [5.74, 6) is 1.06. The molecular weight excluding hydrogens is 326 g/mol. The fourth-order valence-corrected chi connectivity index (χ4v) is 2.67. The number of aryl methyl sites for hydroxylation is 1. The number of benzene rings is 1. The minimum Gasteiger partial charge on any atom is -0.312 e. The molecule has 0 saturated heterocycles. The zero-order valence-corrected chi connectivity index (χ0v) is 12.9. The van der Waals surface area contributed by atoms with Gasteiger partial charge in [0.2, 0.25) is 0 Å². The normalized spacial score (nSPS) is 10.6. The van der Waals surface area contributed by atoms with Crippen molar-refractivity contribution in [2.24, 2.45) is 7.05 Å². The largest absolute Gasteiger partial charge is 0.312 e. The van der Waals surface area contributed by atoms with Crippen LogP contribution in [-0.2, 0) is 7.05 Å². The predicted molar refractivity (Wildman–Crippen MR) is 79.4 cm³/mol. The Bertz CT molecular complexity index is 553. The quantitative estimate of drug-likeness (QED) is 0.460. The molecule has 100 valence electrons. The van der Waals surface area contributed by atoms with Gasteiger partial charge in [0.15, 0.2) is 10.9 Å². The van der Waals surface area contributed by atoms with Crippen LogP contribution >= 0.6 is 27.7 Å². The fraction of sp³-hybridized carbons (Fsp3) is 0.308. The third kappa shape index (κ3) is 4.18. The van der Waals surface area contributed by atoms with Gasteiger partial charge in [0.1, 0.15) is 6.33 Å². The van der Waals surface area contributed by atoms with E-state index in [1.54, 1.807) is 18.1 Å². The van der Waals surface area contributed by atoms with Crippen molar-refractivity contribution in [2.45, 2.75) is 18.0 Å². The molecule has 0 amide bonds. The maximum Gasteiger partial charge on any atom is 0.190 e. The number of aromatic nitrogens is 3. The molecule has 0 radical (unpaired) electrons. The van der Waals surface area contributed by atoms with E-state index in [1.165, 1.54) is 0 Å². The van der Waals surface area contributed by atoms with E-state index in [0.717, 1.165) is 27.4 Å². The molecule has 1 heterocycles. The van der Waals surface area contributed by atoms with Crippen LogP contribution in [0.3, 0.4) is 0 Å². The number of halogens is 1. The summed E-state index contributed by atoms with van der Waals surface area (Å²) in [6.45, 7) is 0. The minimum absolute atomic E-state index is 0.186. The fourth-order valence-electron chi connectivity index (χ4n) is 1.58. The topological polar surface area (TPSA) is 47.8 Å². The van der Waals surface area contributed by atoms with Crippen molar-refractivity contribution in [3.63, 3.8) is 0 Å². The molecule has 0 aliphatic rings. The van der Waals surface area contributed by atoms with Gasteiger partial charge in [-0.2, -0.15) is 0 Å². The Hall–Kier alpha value is -1.14. The Morgan fingerprint density at radius 2 is 2.11 bits per heavy atom. The van der Waals surface area contributed by atoms with Crippen LogP contribution in [0.15, 0.2) is 40.2 Å². The summed E-state index contributed by atoms with van der Waals surface area (Å²) in [4.78, 5) is 11.9. The van der Waals surface area contributed by atoms with Gasteiger partial charge in [-0.15, -0.1) is 10.2 Å². The first-order chi connectivity index (χ1) is 9.16. The number of rotatable bonds is 6. The van der Waals surface area contributed by atoms with Crippen LogP contribution in [0.4, 0.5) is 0 Å². The van der Waals surface area contributed by atoms with Crippen LogP contribution in [-0.4, -0.2) is 26.3 Å². The second-order valence-electron chi connectivity index (χ2n) is 4.11. The van der Waals surface area contributed by atoms with E-state index in [2.05, 4.69) is 26.1 Å². The van der Waals surface area contributed by atoms with E-state index >= 15 is 0 Å². The maximum absolute atomic E-state index is 11.9. The maximum atomic E-state index is 11.9. The molecule has 1 aromatic heterocycles. The van der Waals surface area contributed by atoms with Crippen molar-refractivity contribution < 1.29 is 4.79 Å². The third-order valence-electron chi connectivity index (χ3n) is 2.62. The standard InChI is InChI=1S/C13H14BrN3OS/c1-17-9-15-16-13(17)19-8-2-3-12(18)10-4-6-11(14)7-5-10/h4-7,9H,2-3,8H2,1H3. The van der Waals surface area contributed by atoms with E-state index in [1.807, 2.05) is 35.9 Å². The molecule has 0 spiro atoms. The molecule has 4 nitrogen and oxygen atoms in total. The van der Waals surface area contributed by atoms with Crippen LogP contribution in [0.5, 0.6) is 0 Å². The average Bonchev–Trinajstić information content (AvgIpc) is 2.81. The lowest BCUT2D eigenvalue weighted by molar-refractivity contribution is 0.0982. The number of carbonyl (C=O) groups excluding carboxylic acids is 1. The Morgan fingerprint density at radius 1 is 1.37 bits per heavy atom. The van der Waals surface area contributed by atoms with Crippen molar-refractivity contribution in [3.05, 3.63) is 40.6 Å². The highest BCUT2D eigenvalue weighted by Crippen LogP contribution is 2.17. The molecular formula is C13H14BrN3OS. The minimum atomic E-state index is 0.186. The molecule has 0 unspecified atom stereocenters. The first-order valence-corrected chi connectivity index (χ1v) is 7.70. The van der Waals surface area contributed by atoms with Gasteiger partial charge in [-0.25, -0.2) is 0 Å². The zero-order valence-electron chi connectivity index (χ0n) is 10.5. The first kappa shape index (κ1) is 14.3. The number of Topliss-reactive ketones (excluding diaryl/α,β-unsaturated/α-hetero) is 1. The van der Waals surface area contributed by atoms with Gasteiger partial charge in [0, 0.05) is 29.3 Å². The van der Waals surface area contributed by atoms with Crippen LogP contribution in [0, 0.1) is 0 Å². The predicted octanol–water partition coefficient (Wildman–Crippen LogP) is 3.33. The molecule has 0 aliphatic carbocycles. The molecule has 0 N–H and O–H groups in total. The second kappa shape index (κ2) is 6.86. The van der Waals surface area contributed by atoms with E-state index < -0.39 is 0 Å². The van der Waals surface area contributed by atoms with Crippen molar-refractivity contribution in [3.8, 4) is 0 Å². The monoisotopic (exact) mass is 339 g/mol. The lowest BCUT2D eigenvalue weighted by Gasteiger charge is -2.02. The molecule has 2 rings (SSSR count). The van der Waals surface area contributed by atoms with Crippen LogP contribution in [0.25, 0.3) is 0 Å². The smallest absolute Gasteiger partial charge is 0.190 e. The molecule has 0 bridgehead atoms. The van der Waals surface area contributed by atoms with Gasteiger partial charge >= 0.3 is 0 Å². The molecule has 2 aromatic rings. The van der Waals surface area contributed by atoms with E-state index in [9.17, 15) is 4.79 Å². The van der Waals surface area contributed by atoms with Gasteiger partial charge in [0.05, 0.1) is 0 Å². The van der Waals surface area contributed by atoms with Crippen molar-refractivity contribution in [2.75, 3.05) is 5.75 Å². The Labute approximate surface area is 124 Å². The van der Waals surface area contributed by atoms with Crippen molar-refractivity contribution >= 4 is 33.5 Å². The third-order valence-corrected chi connectivity index (χ3v) is 4.26. The summed E-state index contributed by atoms with van der Waals surface area (Å²) in [6.07, 6.45) is 3.08. The average molecular weight is 340 g/mol. The van der Waals surface area contributed by atoms with Gasteiger partial charge in [-0.05, 0) is 18.6 Å². The molecule has 6 heteroatoms. The van der Waals surface area contributed by atoms with Crippen molar-refractivity contribution in [1.29, 1.82) is 0 Å². The van der Waals surface area contributed by atoms with E-state index in [4.69, 9.17) is 0 Å². The summed E-state index contributed by atoms with van der Waals surface area (Å²) < 4.78 is 2.86. The lowest BCUT2D eigenvalue weighted by Crippen LogP contribution is -1.99. The number of carbonyl (C=O) groups is 1. The summed E-state index contributed by atoms with van der Waals surface area (Å²) in [7, 11) is 1.91. The summed E-state index contributed by atoms with van der Waals surface area (Å²) in [5.41, 5.74) is 0.770. The second-order valence-corrected chi connectivity index (χ2v) is 6.08. The summed E-state index contributed by atoms with van der Waals surface area (Å²) >= 11 is 4.98. The Morgan fingerprint density at radius 3 is 2.74 bits per heavy atom. The number of hydrogen-bond donors (Lipinski definition) is 0. The SMILES string of the molecule is Cn1cnnc1SCCCC(=O)c1ccc(Br)cc1. The highest BCUT2D eigenvalue weighted by molar-refractivity contribution is 9.10. The van der Waals surface area contributed by atoms with E-state index in [0.29, 0.717) is 6.42 Å². The van der Waals surface area contributed by atoms with Crippen LogP contribution < -0.4 is 0 Å². The van der Waals surface area contributed by atoms with Crippen LogP contribution in [0.1, 0.15) is 23.2 Å². The molecule has 0 fully saturated rings. The van der Waals surface area contributed by atoms with Gasteiger partial charge in [-0.1, -0.05) is 39.8 Å². The zero-order chi connectivity index (χ0) is 13.7. The summed E-state index contributed by atoms with van der Waals surface area (Å²) in [5, 5.41) is 8.68. The number of thioether (sulfide) groups is 1. The van der Waals surface area contributed by atoms with Gasteiger partial charge in [0.25, 0.3) is 0 Å². The lowest BCUT2D eigenvalue weighted by atomic mass is 10.1. The highest BCUT2D eigenvalue weighted by Gasteiger charge is 2.06. The molecule has 0 atom stereocenters. The number of nitrogens with zero attached hydrogens (tertiary/aromatic N) is 3. The molecule has 1 aromatic carbocycles. The highest BCUT2D eigenvalue weighted by atomic mass is 79.9. The van der Waals surface area contributed by atoms with E-state index in [-0.39, 0.29) is 5.78 Å². The number of ketones is 1. The summed E-state index contributed by atoms with van der Waals surface area (Å²) in [6, 6.07) is 7.48. The Balaban J connectivity index is 1.75. The molecule has 0 saturated carbocycles. The van der Waals surface area contributed by atoms with Crippen molar-refractivity contribution in [1.82, 2.24) is 14.8 Å². The first-order valence-electron chi connectivity index (χ1n) is 5.92. The van der Waals surface area contributed by atoms with Crippen LogP contribution in [0.2, 0.25) is 0 Å².